The first-order valence-corrected chi connectivity index (χ1v) is 6.33. The first-order valence-electron chi connectivity index (χ1n) is 6.33. The fraction of sp³-hybridized carbons (Fsp3) is 0.429. The topological polar surface area (TPSA) is 74.2 Å². The van der Waals surface area contributed by atoms with Crippen LogP contribution in [-0.2, 0) is 10.3 Å². The average Bonchev–Trinajstić information content (AvgIpc) is 2.89. The van der Waals surface area contributed by atoms with Gasteiger partial charge in [-0.25, -0.2) is 0 Å². The SMILES string of the molecule is CCOC(C)(C)c1noc([C@H](N)c2ccccc2)n1. The summed E-state index contributed by atoms with van der Waals surface area (Å²) in [5.41, 5.74) is 6.47. The Bertz CT molecular complexity index is 522. The summed E-state index contributed by atoms with van der Waals surface area (Å²) in [6, 6.07) is 9.24. The smallest absolute Gasteiger partial charge is 0.248 e. The van der Waals surface area contributed by atoms with E-state index in [0.29, 0.717) is 18.3 Å². The second-order valence-corrected chi connectivity index (χ2v) is 4.79. The third-order valence-electron chi connectivity index (χ3n) is 2.91. The summed E-state index contributed by atoms with van der Waals surface area (Å²) in [5.74, 6) is 0.907. The third kappa shape index (κ3) is 3.00. The Kier molecular flexibility index (Phi) is 3.97. The molecule has 0 spiro atoms. The van der Waals surface area contributed by atoms with Crippen molar-refractivity contribution in [3.05, 3.63) is 47.6 Å². The molecule has 1 aromatic carbocycles. The molecule has 0 aliphatic carbocycles. The van der Waals surface area contributed by atoms with Crippen LogP contribution in [0.5, 0.6) is 0 Å². The van der Waals surface area contributed by atoms with Gasteiger partial charge in [0.1, 0.15) is 11.6 Å². The number of aromatic nitrogens is 2. The van der Waals surface area contributed by atoms with Crippen LogP contribution in [0.2, 0.25) is 0 Å². The van der Waals surface area contributed by atoms with Crippen molar-refractivity contribution >= 4 is 0 Å². The van der Waals surface area contributed by atoms with Crippen molar-refractivity contribution in [2.45, 2.75) is 32.4 Å². The van der Waals surface area contributed by atoms with Crippen LogP contribution in [0.3, 0.4) is 0 Å². The summed E-state index contributed by atoms with van der Waals surface area (Å²) in [6.45, 7) is 6.32. The predicted molar refractivity (Wildman–Crippen MR) is 71.4 cm³/mol. The van der Waals surface area contributed by atoms with Gasteiger partial charge in [0, 0.05) is 6.61 Å². The first kappa shape index (κ1) is 13.7. The summed E-state index contributed by atoms with van der Waals surface area (Å²) in [7, 11) is 0. The molecule has 2 aromatic rings. The molecule has 0 unspecified atom stereocenters. The van der Waals surface area contributed by atoms with E-state index in [1.165, 1.54) is 0 Å². The van der Waals surface area contributed by atoms with Gasteiger partial charge in [0.15, 0.2) is 0 Å². The Morgan fingerprint density at radius 1 is 1.32 bits per heavy atom. The lowest BCUT2D eigenvalue weighted by molar-refractivity contribution is -0.0221. The van der Waals surface area contributed by atoms with Gasteiger partial charge in [-0.05, 0) is 26.3 Å². The molecule has 5 heteroatoms. The molecule has 0 fully saturated rings. The Morgan fingerprint density at radius 2 is 2.00 bits per heavy atom. The van der Waals surface area contributed by atoms with Crippen molar-refractivity contribution in [1.29, 1.82) is 0 Å². The molecular weight excluding hydrogens is 242 g/mol. The molecule has 0 bridgehead atoms. The van der Waals surface area contributed by atoms with Crippen LogP contribution in [0.25, 0.3) is 0 Å². The van der Waals surface area contributed by atoms with E-state index in [1.54, 1.807) is 0 Å². The van der Waals surface area contributed by atoms with Gasteiger partial charge in [0.25, 0.3) is 0 Å². The lowest BCUT2D eigenvalue weighted by Crippen LogP contribution is -2.23. The van der Waals surface area contributed by atoms with Crippen molar-refractivity contribution in [2.75, 3.05) is 6.61 Å². The third-order valence-corrected chi connectivity index (χ3v) is 2.91. The van der Waals surface area contributed by atoms with Gasteiger partial charge in [0.2, 0.25) is 11.7 Å². The van der Waals surface area contributed by atoms with E-state index in [-0.39, 0.29) is 0 Å². The number of hydrogen-bond donors (Lipinski definition) is 1. The van der Waals surface area contributed by atoms with Gasteiger partial charge in [-0.15, -0.1) is 0 Å². The van der Waals surface area contributed by atoms with Crippen molar-refractivity contribution in [2.24, 2.45) is 5.73 Å². The maximum absolute atomic E-state index is 6.11. The van der Waals surface area contributed by atoms with Gasteiger partial charge in [-0.3, -0.25) is 0 Å². The van der Waals surface area contributed by atoms with Crippen molar-refractivity contribution in [3.63, 3.8) is 0 Å². The van der Waals surface area contributed by atoms with Gasteiger partial charge >= 0.3 is 0 Å². The van der Waals surface area contributed by atoms with Crippen LogP contribution < -0.4 is 5.73 Å². The number of nitrogens with zero attached hydrogens (tertiary/aromatic N) is 2. The van der Waals surface area contributed by atoms with E-state index in [0.717, 1.165) is 5.56 Å². The Labute approximate surface area is 112 Å². The highest BCUT2D eigenvalue weighted by atomic mass is 16.5. The number of rotatable bonds is 5. The molecule has 0 aliphatic heterocycles. The molecular formula is C14H19N3O2. The van der Waals surface area contributed by atoms with Gasteiger partial charge in [-0.1, -0.05) is 35.5 Å². The minimum atomic E-state index is -0.576. The highest BCUT2D eigenvalue weighted by Gasteiger charge is 2.28. The molecule has 2 rings (SSSR count). The molecule has 0 saturated carbocycles. The molecule has 2 N–H and O–H groups in total. The van der Waals surface area contributed by atoms with E-state index >= 15 is 0 Å². The average molecular weight is 261 g/mol. The zero-order chi connectivity index (χ0) is 13.9. The summed E-state index contributed by atoms with van der Waals surface area (Å²) < 4.78 is 10.8. The van der Waals surface area contributed by atoms with Crippen LogP contribution in [0, 0.1) is 0 Å². The van der Waals surface area contributed by atoms with Crippen molar-refractivity contribution in [3.8, 4) is 0 Å². The lowest BCUT2D eigenvalue weighted by atomic mass is 10.1. The molecule has 102 valence electrons. The van der Waals surface area contributed by atoms with E-state index in [2.05, 4.69) is 10.1 Å². The first-order chi connectivity index (χ1) is 9.04. The number of hydrogen-bond acceptors (Lipinski definition) is 5. The molecule has 0 aliphatic rings. The fourth-order valence-electron chi connectivity index (χ4n) is 1.83. The molecule has 1 heterocycles. The maximum Gasteiger partial charge on any atom is 0.248 e. The van der Waals surface area contributed by atoms with Gasteiger partial charge in [0.05, 0.1) is 0 Å². The molecule has 19 heavy (non-hydrogen) atoms. The summed E-state index contributed by atoms with van der Waals surface area (Å²) in [5, 5.41) is 3.96. The largest absolute Gasteiger partial charge is 0.368 e. The van der Waals surface area contributed by atoms with Gasteiger partial charge < -0.3 is 15.0 Å². The molecule has 0 saturated heterocycles. The fourth-order valence-corrected chi connectivity index (χ4v) is 1.83. The van der Waals surface area contributed by atoms with Crippen molar-refractivity contribution in [1.82, 2.24) is 10.1 Å². The van der Waals surface area contributed by atoms with Crippen LogP contribution in [-0.4, -0.2) is 16.7 Å². The monoisotopic (exact) mass is 261 g/mol. The minimum Gasteiger partial charge on any atom is -0.368 e. The van der Waals surface area contributed by atoms with Crippen LogP contribution in [0.1, 0.15) is 44.1 Å². The maximum atomic E-state index is 6.11. The number of nitrogens with two attached hydrogens (primary N) is 1. The van der Waals surface area contributed by atoms with Crippen LogP contribution in [0.15, 0.2) is 34.9 Å². The minimum absolute atomic E-state index is 0.397. The molecule has 1 atom stereocenters. The van der Waals surface area contributed by atoms with Crippen LogP contribution >= 0.6 is 0 Å². The number of benzene rings is 1. The standard InChI is InChI=1S/C14H19N3O2/c1-4-18-14(2,3)13-16-12(19-17-13)11(15)10-8-6-5-7-9-10/h5-9,11H,4,15H2,1-3H3/t11-/m1/s1. The second-order valence-electron chi connectivity index (χ2n) is 4.79. The number of ether oxygens (including phenoxy) is 1. The normalized spacial score (nSPS) is 13.5. The Morgan fingerprint density at radius 3 is 2.63 bits per heavy atom. The molecule has 1 aromatic heterocycles. The zero-order valence-electron chi connectivity index (χ0n) is 11.5. The molecule has 0 amide bonds. The Hall–Kier alpha value is -1.72. The van der Waals surface area contributed by atoms with E-state index in [9.17, 15) is 0 Å². The highest BCUT2D eigenvalue weighted by molar-refractivity contribution is 5.23. The molecule has 5 nitrogen and oxygen atoms in total. The summed E-state index contributed by atoms with van der Waals surface area (Å²) in [4.78, 5) is 4.35. The predicted octanol–water partition coefficient (Wildman–Crippen LogP) is 2.39. The quantitative estimate of drug-likeness (QED) is 0.894. The van der Waals surface area contributed by atoms with Crippen molar-refractivity contribution < 1.29 is 9.26 Å². The summed E-state index contributed by atoms with van der Waals surface area (Å²) in [6.07, 6.45) is 0. The van der Waals surface area contributed by atoms with E-state index in [1.807, 2.05) is 51.1 Å². The van der Waals surface area contributed by atoms with Crippen LogP contribution in [0.4, 0.5) is 0 Å². The Balaban J connectivity index is 2.22. The summed E-state index contributed by atoms with van der Waals surface area (Å²) >= 11 is 0. The lowest BCUT2D eigenvalue weighted by Gasteiger charge is -2.19. The molecule has 0 radical (unpaired) electrons. The van der Waals surface area contributed by atoms with Gasteiger partial charge in [-0.2, -0.15) is 4.98 Å². The van der Waals surface area contributed by atoms with E-state index < -0.39 is 11.6 Å². The zero-order valence-corrected chi connectivity index (χ0v) is 11.5. The second kappa shape index (κ2) is 5.50. The highest BCUT2D eigenvalue weighted by Crippen LogP contribution is 2.24. The van der Waals surface area contributed by atoms with E-state index in [4.69, 9.17) is 15.0 Å².